The summed E-state index contributed by atoms with van der Waals surface area (Å²) in [5.41, 5.74) is 4.50. The van der Waals surface area contributed by atoms with Gasteiger partial charge in [0.2, 0.25) is 0 Å². The van der Waals surface area contributed by atoms with Crippen LogP contribution in [0.1, 0.15) is 46.9 Å². The molecule has 0 amide bonds. The number of nitrogens with zero attached hydrogens (tertiary/aromatic N) is 2. The van der Waals surface area contributed by atoms with Gasteiger partial charge in [0.15, 0.2) is 6.10 Å². The van der Waals surface area contributed by atoms with Crippen molar-refractivity contribution in [1.82, 2.24) is 4.98 Å². The number of benzene rings is 1. The van der Waals surface area contributed by atoms with Crippen molar-refractivity contribution in [2.24, 2.45) is 0 Å². The van der Waals surface area contributed by atoms with Crippen LogP contribution in [0.5, 0.6) is 0 Å². The van der Waals surface area contributed by atoms with Crippen molar-refractivity contribution < 1.29 is 9.53 Å². The summed E-state index contributed by atoms with van der Waals surface area (Å²) in [4.78, 5) is 17.3. The molecule has 2 aromatic rings. The molecule has 1 heterocycles. The highest BCUT2D eigenvalue weighted by atomic mass is 16.5. The topological polar surface area (TPSA) is 63.0 Å². The van der Waals surface area contributed by atoms with E-state index >= 15 is 0 Å². The van der Waals surface area contributed by atoms with E-state index in [4.69, 9.17) is 15.0 Å². The van der Waals surface area contributed by atoms with Crippen molar-refractivity contribution >= 4 is 16.9 Å². The molecule has 1 atom stereocenters. The van der Waals surface area contributed by atoms with Gasteiger partial charge in [-0.2, -0.15) is 5.26 Å². The van der Waals surface area contributed by atoms with E-state index in [-0.39, 0.29) is 0 Å². The highest BCUT2D eigenvalue weighted by Crippen LogP contribution is 2.30. The molecule has 1 aliphatic rings. The Hall–Kier alpha value is -2.41. The van der Waals surface area contributed by atoms with Gasteiger partial charge in [0.1, 0.15) is 6.07 Å². The second kappa shape index (κ2) is 5.76. The van der Waals surface area contributed by atoms with Gasteiger partial charge in [-0.3, -0.25) is 4.98 Å². The lowest BCUT2D eigenvalue weighted by molar-refractivity contribution is 0.0436. The predicted molar refractivity (Wildman–Crippen MR) is 83.6 cm³/mol. The minimum atomic E-state index is -0.750. The van der Waals surface area contributed by atoms with Gasteiger partial charge in [0, 0.05) is 11.1 Å². The zero-order chi connectivity index (χ0) is 15.7. The number of hydrogen-bond donors (Lipinski definition) is 0. The van der Waals surface area contributed by atoms with E-state index in [0.29, 0.717) is 5.56 Å². The van der Waals surface area contributed by atoms with Crippen LogP contribution in [0.4, 0.5) is 0 Å². The molecule has 1 aromatic heterocycles. The van der Waals surface area contributed by atoms with Crippen LogP contribution >= 0.6 is 0 Å². The van der Waals surface area contributed by atoms with Crippen LogP contribution in [0.15, 0.2) is 18.2 Å². The number of aryl methyl sites for hydroxylation is 2. The molecule has 22 heavy (non-hydrogen) atoms. The Bertz CT molecular complexity index is 790. The third-order valence-electron chi connectivity index (χ3n) is 4.09. The SMILES string of the molecule is Cc1ccc2nc3c(c(C(=O)O[C@@H](C)C#N)c2c1)CCCC3. The van der Waals surface area contributed by atoms with Gasteiger partial charge in [-0.15, -0.1) is 0 Å². The quantitative estimate of drug-likeness (QED) is 0.795. The van der Waals surface area contributed by atoms with Crippen LogP contribution < -0.4 is 0 Å². The summed E-state index contributed by atoms with van der Waals surface area (Å²) in [6.07, 6.45) is 3.14. The number of nitriles is 1. The number of carbonyl (C=O) groups excluding carboxylic acids is 1. The van der Waals surface area contributed by atoms with Crippen LogP contribution in [-0.2, 0) is 17.6 Å². The molecule has 1 aromatic carbocycles. The summed E-state index contributed by atoms with van der Waals surface area (Å²) in [6, 6.07) is 7.87. The molecule has 4 nitrogen and oxygen atoms in total. The molecule has 3 rings (SSSR count). The third-order valence-corrected chi connectivity index (χ3v) is 4.09. The zero-order valence-corrected chi connectivity index (χ0v) is 12.8. The first-order valence-electron chi connectivity index (χ1n) is 7.63. The van der Waals surface area contributed by atoms with E-state index in [1.165, 1.54) is 0 Å². The fraction of sp³-hybridized carbons (Fsp3) is 0.389. The average molecular weight is 294 g/mol. The molecule has 0 aliphatic heterocycles. The molecular formula is C18H18N2O2. The fourth-order valence-electron chi connectivity index (χ4n) is 3.02. The van der Waals surface area contributed by atoms with Crippen LogP contribution in [0, 0.1) is 18.3 Å². The summed E-state index contributed by atoms with van der Waals surface area (Å²) >= 11 is 0. The first-order chi connectivity index (χ1) is 10.6. The van der Waals surface area contributed by atoms with Crippen molar-refractivity contribution in [2.75, 3.05) is 0 Å². The number of rotatable bonds is 2. The van der Waals surface area contributed by atoms with E-state index in [0.717, 1.165) is 53.4 Å². The smallest absolute Gasteiger partial charge is 0.340 e. The maximum Gasteiger partial charge on any atom is 0.340 e. The maximum absolute atomic E-state index is 12.6. The van der Waals surface area contributed by atoms with E-state index in [9.17, 15) is 4.79 Å². The molecular weight excluding hydrogens is 276 g/mol. The lowest BCUT2D eigenvalue weighted by atomic mass is 9.89. The van der Waals surface area contributed by atoms with Crippen molar-refractivity contribution in [1.29, 1.82) is 5.26 Å². The van der Waals surface area contributed by atoms with Gasteiger partial charge in [-0.25, -0.2) is 4.79 Å². The van der Waals surface area contributed by atoms with Crippen molar-refractivity contribution in [3.8, 4) is 6.07 Å². The molecule has 0 unspecified atom stereocenters. The van der Waals surface area contributed by atoms with Gasteiger partial charge in [0.05, 0.1) is 11.1 Å². The van der Waals surface area contributed by atoms with Crippen LogP contribution in [0.25, 0.3) is 10.9 Å². The normalized spacial score (nSPS) is 15.0. The van der Waals surface area contributed by atoms with Crippen molar-refractivity contribution in [2.45, 2.75) is 45.6 Å². The monoisotopic (exact) mass is 294 g/mol. The number of aromatic nitrogens is 1. The lowest BCUT2D eigenvalue weighted by Gasteiger charge is -2.20. The van der Waals surface area contributed by atoms with E-state index in [2.05, 4.69) is 0 Å². The molecule has 0 fully saturated rings. The summed E-state index contributed by atoms with van der Waals surface area (Å²) in [5.74, 6) is -0.412. The van der Waals surface area contributed by atoms with Crippen LogP contribution in [0.3, 0.4) is 0 Å². The van der Waals surface area contributed by atoms with E-state index in [1.807, 2.05) is 31.2 Å². The first kappa shape index (κ1) is 14.5. The Morgan fingerprint density at radius 3 is 2.91 bits per heavy atom. The molecule has 0 spiro atoms. The first-order valence-corrected chi connectivity index (χ1v) is 7.63. The summed E-state index contributed by atoms with van der Waals surface area (Å²) in [5, 5.41) is 9.72. The number of pyridine rings is 1. The molecule has 0 N–H and O–H groups in total. The second-order valence-electron chi connectivity index (χ2n) is 5.82. The van der Waals surface area contributed by atoms with Crippen LogP contribution in [0.2, 0.25) is 0 Å². The van der Waals surface area contributed by atoms with Gasteiger partial charge < -0.3 is 4.74 Å². The molecule has 0 radical (unpaired) electrons. The molecule has 0 bridgehead atoms. The van der Waals surface area contributed by atoms with Gasteiger partial charge in [0.25, 0.3) is 0 Å². The molecule has 112 valence electrons. The molecule has 0 saturated heterocycles. The maximum atomic E-state index is 12.6. The number of esters is 1. The summed E-state index contributed by atoms with van der Waals surface area (Å²) in [7, 11) is 0. The van der Waals surface area contributed by atoms with Gasteiger partial charge >= 0.3 is 5.97 Å². The molecule has 4 heteroatoms. The lowest BCUT2D eigenvalue weighted by Crippen LogP contribution is -2.18. The van der Waals surface area contributed by atoms with Crippen molar-refractivity contribution in [3.05, 3.63) is 40.6 Å². The number of ether oxygens (including phenoxy) is 1. The summed E-state index contributed by atoms with van der Waals surface area (Å²) in [6.45, 7) is 3.57. The fourth-order valence-corrected chi connectivity index (χ4v) is 3.02. The third kappa shape index (κ3) is 2.55. The molecule has 0 saturated carbocycles. The number of fused-ring (bicyclic) bond motifs is 2. The van der Waals surface area contributed by atoms with Gasteiger partial charge in [-0.1, -0.05) is 11.6 Å². The number of carbonyl (C=O) groups is 1. The molecule has 1 aliphatic carbocycles. The minimum Gasteiger partial charge on any atom is -0.444 e. The Morgan fingerprint density at radius 1 is 1.36 bits per heavy atom. The van der Waals surface area contributed by atoms with Crippen molar-refractivity contribution in [3.63, 3.8) is 0 Å². The largest absolute Gasteiger partial charge is 0.444 e. The van der Waals surface area contributed by atoms with Gasteiger partial charge in [-0.05, 0) is 57.2 Å². The average Bonchev–Trinajstić information content (AvgIpc) is 2.52. The number of hydrogen-bond acceptors (Lipinski definition) is 4. The second-order valence-corrected chi connectivity index (χ2v) is 5.82. The Kier molecular flexibility index (Phi) is 3.81. The minimum absolute atomic E-state index is 0.412. The standard InChI is InChI=1S/C18H18N2O2/c1-11-7-8-16-14(9-11)17(18(21)22-12(2)10-19)13-5-3-4-6-15(13)20-16/h7-9,12H,3-6H2,1-2H3/t12-/m0/s1. The highest BCUT2D eigenvalue weighted by molar-refractivity contribution is 6.05. The Morgan fingerprint density at radius 2 is 2.14 bits per heavy atom. The zero-order valence-electron chi connectivity index (χ0n) is 12.8. The van der Waals surface area contributed by atoms with E-state index < -0.39 is 12.1 Å². The van der Waals surface area contributed by atoms with E-state index in [1.54, 1.807) is 6.92 Å². The predicted octanol–water partition coefficient (Wildman–Crippen LogP) is 3.49. The van der Waals surface area contributed by atoms with Crippen LogP contribution in [-0.4, -0.2) is 17.1 Å². The Labute approximate surface area is 129 Å². The summed E-state index contributed by atoms with van der Waals surface area (Å²) < 4.78 is 5.27. The highest BCUT2D eigenvalue weighted by Gasteiger charge is 2.24. The Balaban J connectivity index is 2.22.